The molecule has 6 aromatic carbocycles. The van der Waals surface area contributed by atoms with Gasteiger partial charge in [0.2, 0.25) is 0 Å². The lowest BCUT2D eigenvalue weighted by Crippen LogP contribution is -2.10. The maximum Gasteiger partial charge on any atom is 0.189 e. The van der Waals surface area contributed by atoms with Gasteiger partial charge in [-0.15, -0.1) is 0 Å². The second-order valence-corrected chi connectivity index (χ2v) is 10.8. The molecule has 47 heavy (non-hydrogen) atoms. The molecule has 0 saturated carbocycles. The van der Waals surface area contributed by atoms with E-state index < -0.39 is 0 Å². The van der Waals surface area contributed by atoms with Gasteiger partial charge >= 0.3 is 0 Å². The third-order valence-electron chi connectivity index (χ3n) is 7.98. The molecule has 0 aliphatic carbocycles. The first kappa shape index (κ1) is 28.5. The van der Waals surface area contributed by atoms with Crippen LogP contribution < -0.4 is 9.80 Å². The zero-order valence-electron chi connectivity index (χ0n) is 24.9. The summed E-state index contributed by atoms with van der Waals surface area (Å²) >= 11 is 0. The van der Waals surface area contributed by atoms with Crippen LogP contribution >= 0.6 is 0 Å². The van der Waals surface area contributed by atoms with Gasteiger partial charge in [0, 0.05) is 55.9 Å². The molecule has 1 heterocycles. The van der Waals surface area contributed by atoms with Crippen molar-refractivity contribution in [1.29, 1.82) is 10.5 Å². The second-order valence-electron chi connectivity index (χ2n) is 10.8. The van der Waals surface area contributed by atoms with Crippen molar-refractivity contribution in [2.75, 3.05) is 9.80 Å². The lowest BCUT2D eigenvalue weighted by Gasteiger charge is -2.26. The van der Waals surface area contributed by atoms with Crippen LogP contribution in [0.25, 0.3) is 31.5 Å². The molecule has 0 amide bonds. The van der Waals surface area contributed by atoms with Crippen molar-refractivity contribution in [2.24, 2.45) is 0 Å². The van der Waals surface area contributed by atoms with Crippen LogP contribution in [0, 0.1) is 35.8 Å². The smallest absolute Gasteiger partial charge is 0.189 e. The van der Waals surface area contributed by atoms with Gasteiger partial charge in [0.15, 0.2) is 11.4 Å². The van der Waals surface area contributed by atoms with Gasteiger partial charge in [-0.25, -0.2) is 9.69 Å². The Kier molecular flexibility index (Phi) is 7.26. The van der Waals surface area contributed by atoms with E-state index in [1.54, 1.807) is 24.3 Å². The quantitative estimate of drug-likeness (QED) is 0.192. The molecule has 218 valence electrons. The maximum absolute atomic E-state index is 9.65. The topological polar surface area (TPSA) is 78.6 Å². The molecule has 0 aliphatic heterocycles. The minimum absolute atomic E-state index is 0.518. The Morgan fingerprint density at radius 2 is 0.851 bits per heavy atom. The fourth-order valence-corrected chi connectivity index (χ4v) is 5.88. The predicted octanol–water partition coefficient (Wildman–Crippen LogP) is 11.1. The Balaban J connectivity index is 1.43. The van der Waals surface area contributed by atoms with Crippen molar-refractivity contribution in [3.8, 4) is 12.1 Å². The summed E-state index contributed by atoms with van der Waals surface area (Å²) in [6.45, 7) is 15.2. The molecule has 7 nitrogen and oxygen atoms in total. The van der Waals surface area contributed by atoms with E-state index in [0.717, 1.165) is 55.9 Å². The summed E-state index contributed by atoms with van der Waals surface area (Å²) < 4.78 is 0. The number of benzene rings is 6. The van der Waals surface area contributed by atoms with Gasteiger partial charge in [0.25, 0.3) is 0 Å². The van der Waals surface area contributed by atoms with Crippen molar-refractivity contribution in [2.45, 2.75) is 0 Å². The van der Waals surface area contributed by atoms with Crippen LogP contribution in [0.1, 0.15) is 11.1 Å². The predicted molar refractivity (Wildman–Crippen MR) is 187 cm³/mol. The average Bonchev–Trinajstić information content (AvgIpc) is 3.49. The molecular formula is C40H23N7. The minimum Gasteiger partial charge on any atom is -0.355 e. The zero-order chi connectivity index (χ0) is 32.3. The molecule has 0 radical (unpaired) electrons. The number of fused-ring (bicyclic) bond motifs is 3. The van der Waals surface area contributed by atoms with E-state index in [2.05, 4.69) is 38.9 Å². The summed E-state index contributed by atoms with van der Waals surface area (Å²) in [5, 5.41) is 21.3. The van der Waals surface area contributed by atoms with Crippen molar-refractivity contribution >= 4 is 67.3 Å². The molecule has 1 N–H and O–H groups in total. The van der Waals surface area contributed by atoms with Gasteiger partial charge in [0.05, 0.1) is 36.4 Å². The fraction of sp³-hybridized carbons (Fsp3) is 0. The van der Waals surface area contributed by atoms with Crippen LogP contribution in [0.3, 0.4) is 0 Å². The number of H-pyrrole nitrogens is 1. The number of aromatic amines is 1. The van der Waals surface area contributed by atoms with Crippen LogP contribution in [0.2, 0.25) is 0 Å². The summed E-state index contributed by atoms with van der Waals surface area (Å²) in [5.74, 6) is 0. The van der Waals surface area contributed by atoms with Gasteiger partial charge in [-0.05, 0) is 97.1 Å². The van der Waals surface area contributed by atoms with E-state index in [1.807, 2.05) is 107 Å². The third kappa shape index (κ3) is 5.34. The van der Waals surface area contributed by atoms with E-state index in [0.29, 0.717) is 22.5 Å². The number of nitrogens with zero attached hydrogens (tertiary/aromatic N) is 6. The Labute approximate surface area is 271 Å². The molecule has 0 aliphatic rings. The number of hydrogen-bond acceptors (Lipinski definition) is 4. The average molecular weight is 602 g/mol. The molecule has 0 spiro atoms. The highest BCUT2D eigenvalue weighted by atomic mass is 15.1. The summed E-state index contributed by atoms with van der Waals surface area (Å²) in [6.07, 6.45) is 0. The van der Waals surface area contributed by atoms with Crippen LogP contribution in [-0.4, -0.2) is 4.98 Å². The van der Waals surface area contributed by atoms with Crippen molar-refractivity contribution in [3.05, 3.63) is 167 Å². The highest BCUT2D eigenvalue weighted by molar-refractivity contribution is 6.10. The largest absolute Gasteiger partial charge is 0.355 e. The van der Waals surface area contributed by atoms with Gasteiger partial charge < -0.3 is 14.8 Å². The van der Waals surface area contributed by atoms with Crippen LogP contribution in [0.4, 0.5) is 45.5 Å². The molecule has 0 unspecified atom stereocenters. The lowest BCUT2D eigenvalue weighted by atomic mass is 10.1. The van der Waals surface area contributed by atoms with E-state index >= 15 is 0 Å². The van der Waals surface area contributed by atoms with E-state index in [1.165, 1.54) is 0 Å². The maximum atomic E-state index is 9.65. The van der Waals surface area contributed by atoms with E-state index in [-0.39, 0.29) is 0 Å². The minimum atomic E-state index is 0.518. The Bertz CT molecular complexity index is 2210. The number of anilines is 6. The number of hydrogen-bond donors (Lipinski definition) is 1. The Morgan fingerprint density at radius 3 is 1.26 bits per heavy atom. The second kappa shape index (κ2) is 12.0. The summed E-state index contributed by atoms with van der Waals surface area (Å²) in [5.41, 5.74) is 8.95. The molecule has 1 aromatic heterocycles. The molecule has 0 atom stereocenters. The van der Waals surface area contributed by atoms with Crippen LogP contribution in [0.15, 0.2) is 133 Å². The number of rotatable bonds is 6. The first-order chi connectivity index (χ1) is 23.1. The highest BCUT2D eigenvalue weighted by Gasteiger charge is 2.18. The van der Waals surface area contributed by atoms with E-state index in [9.17, 15) is 10.5 Å². The summed E-state index contributed by atoms with van der Waals surface area (Å²) in [4.78, 5) is 14.9. The standard InChI is InChI=1S/C40H23N7/c1-43-29-9-5-13-33(21-29)46(31-11-3-7-27(19-31)25-41)35-15-17-39-37(23-35)38-24-36(16-18-40(38)45-39)47(32-12-4-8-28(20-32)26-42)34-14-6-10-30(22-34)44-2/h3-24,45H. The first-order valence-corrected chi connectivity index (χ1v) is 14.7. The Hall–Kier alpha value is -7.32. The highest BCUT2D eigenvalue weighted by Crippen LogP contribution is 2.42. The molecule has 7 rings (SSSR count). The van der Waals surface area contributed by atoms with Gasteiger partial charge in [-0.2, -0.15) is 10.5 Å². The van der Waals surface area contributed by atoms with Gasteiger partial charge in [0.1, 0.15) is 0 Å². The molecule has 0 fully saturated rings. The lowest BCUT2D eigenvalue weighted by molar-refractivity contribution is 1.28. The van der Waals surface area contributed by atoms with E-state index in [4.69, 9.17) is 13.1 Å². The van der Waals surface area contributed by atoms with Crippen molar-refractivity contribution in [3.63, 3.8) is 0 Å². The first-order valence-electron chi connectivity index (χ1n) is 14.7. The molecule has 7 heteroatoms. The molecule has 7 aromatic rings. The van der Waals surface area contributed by atoms with Gasteiger partial charge in [-0.3, -0.25) is 0 Å². The molecule has 0 saturated heterocycles. The fourth-order valence-electron chi connectivity index (χ4n) is 5.88. The van der Waals surface area contributed by atoms with Crippen LogP contribution in [-0.2, 0) is 0 Å². The zero-order valence-corrected chi connectivity index (χ0v) is 24.9. The summed E-state index contributed by atoms with van der Waals surface area (Å²) in [7, 11) is 0. The van der Waals surface area contributed by atoms with Gasteiger partial charge in [-0.1, -0.05) is 36.4 Å². The molecular weight excluding hydrogens is 578 g/mol. The molecule has 0 bridgehead atoms. The monoisotopic (exact) mass is 601 g/mol. The normalized spacial score (nSPS) is 10.5. The third-order valence-corrected chi connectivity index (χ3v) is 7.98. The van der Waals surface area contributed by atoms with Crippen molar-refractivity contribution in [1.82, 2.24) is 4.98 Å². The number of nitriles is 2. The number of aromatic nitrogens is 1. The number of nitrogens with one attached hydrogen (secondary N) is 1. The van der Waals surface area contributed by atoms with Crippen molar-refractivity contribution < 1.29 is 0 Å². The van der Waals surface area contributed by atoms with Crippen LogP contribution in [0.5, 0.6) is 0 Å². The SMILES string of the molecule is [C-]#[N+]c1cccc(N(c2cccc(C#N)c2)c2ccc3[nH]c4ccc(N(c5cccc(C#N)c5)c5cccc([N+]#[C-])c5)cc4c3c2)c1. The Morgan fingerprint density at radius 1 is 0.468 bits per heavy atom. The summed E-state index contributed by atoms with van der Waals surface area (Å²) in [6, 6.07) is 46.5.